The number of carbonyl (C=O) groups is 2. The second kappa shape index (κ2) is 4.48. The van der Waals surface area contributed by atoms with E-state index in [0.29, 0.717) is 26.1 Å². The molecule has 0 unspecified atom stereocenters. The molecule has 86 valence electrons. The highest BCUT2D eigenvalue weighted by atomic mass is 16.5. The topological polar surface area (TPSA) is 78.9 Å². The lowest BCUT2D eigenvalue weighted by atomic mass is 9.90. The first-order chi connectivity index (χ1) is 6.98. The molecular weight excluding hydrogens is 200 g/mol. The Labute approximate surface area is 88.2 Å². The molecule has 1 fully saturated rings. The summed E-state index contributed by atoms with van der Waals surface area (Å²) in [6.07, 6.45) is 0.615. The van der Waals surface area contributed by atoms with Gasteiger partial charge < -0.3 is 20.1 Å². The van der Waals surface area contributed by atoms with Crippen LogP contribution in [0.4, 0.5) is 4.79 Å². The van der Waals surface area contributed by atoms with E-state index in [9.17, 15) is 9.59 Å². The summed E-state index contributed by atoms with van der Waals surface area (Å²) < 4.78 is 5.09. The fourth-order valence-corrected chi connectivity index (χ4v) is 1.43. The van der Waals surface area contributed by atoms with Gasteiger partial charge in [-0.2, -0.15) is 0 Å². The Morgan fingerprint density at radius 1 is 1.33 bits per heavy atom. The number of carboxylic acids is 1. The van der Waals surface area contributed by atoms with Gasteiger partial charge >= 0.3 is 12.0 Å². The van der Waals surface area contributed by atoms with E-state index in [1.54, 1.807) is 14.1 Å². The summed E-state index contributed by atoms with van der Waals surface area (Å²) in [5.41, 5.74) is -1.17. The Morgan fingerprint density at radius 3 is 2.27 bits per heavy atom. The zero-order chi connectivity index (χ0) is 11.5. The molecule has 0 saturated carbocycles. The fourth-order valence-electron chi connectivity index (χ4n) is 1.43. The zero-order valence-corrected chi connectivity index (χ0v) is 8.95. The number of amides is 2. The highest BCUT2D eigenvalue weighted by molar-refractivity contribution is 5.86. The molecule has 15 heavy (non-hydrogen) atoms. The zero-order valence-electron chi connectivity index (χ0n) is 8.95. The van der Waals surface area contributed by atoms with Crippen LogP contribution in [0.1, 0.15) is 12.8 Å². The largest absolute Gasteiger partial charge is 0.480 e. The van der Waals surface area contributed by atoms with Crippen LogP contribution in [0, 0.1) is 0 Å². The normalized spacial score (nSPS) is 19.3. The monoisotopic (exact) mass is 216 g/mol. The maximum Gasteiger partial charge on any atom is 0.329 e. The second-order valence-corrected chi connectivity index (χ2v) is 3.82. The van der Waals surface area contributed by atoms with Crippen LogP contribution in [0.3, 0.4) is 0 Å². The van der Waals surface area contributed by atoms with Gasteiger partial charge in [-0.25, -0.2) is 9.59 Å². The van der Waals surface area contributed by atoms with Crippen LogP contribution in [0.5, 0.6) is 0 Å². The number of nitrogens with zero attached hydrogens (tertiary/aromatic N) is 1. The van der Waals surface area contributed by atoms with Gasteiger partial charge in [0.15, 0.2) is 0 Å². The summed E-state index contributed by atoms with van der Waals surface area (Å²) in [5, 5.41) is 11.7. The predicted molar refractivity (Wildman–Crippen MR) is 52.6 cm³/mol. The average molecular weight is 216 g/mol. The first-order valence-corrected chi connectivity index (χ1v) is 4.78. The van der Waals surface area contributed by atoms with Crippen LogP contribution in [-0.4, -0.2) is 54.9 Å². The molecule has 0 bridgehead atoms. The molecule has 0 atom stereocenters. The quantitative estimate of drug-likeness (QED) is 0.675. The van der Waals surface area contributed by atoms with E-state index in [2.05, 4.69) is 5.32 Å². The highest BCUT2D eigenvalue weighted by Crippen LogP contribution is 2.21. The third-order valence-corrected chi connectivity index (χ3v) is 2.51. The fraction of sp³-hybridized carbons (Fsp3) is 0.778. The van der Waals surface area contributed by atoms with Crippen molar-refractivity contribution in [3.63, 3.8) is 0 Å². The van der Waals surface area contributed by atoms with Crippen LogP contribution < -0.4 is 5.32 Å². The smallest absolute Gasteiger partial charge is 0.329 e. The van der Waals surface area contributed by atoms with Crippen molar-refractivity contribution in [3.8, 4) is 0 Å². The third-order valence-electron chi connectivity index (χ3n) is 2.51. The third kappa shape index (κ3) is 2.59. The summed E-state index contributed by atoms with van der Waals surface area (Å²) in [4.78, 5) is 23.9. The maximum absolute atomic E-state index is 11.4. The molecule has 1 heterocycles. The lowest BCUT2D eigenvalue weighted by Gasteiger charge is -2.34. The van der Waals surface area contributed by atoms with E-state index in [1.165, 1.54) is 4.90 Å². The van der Waals surface area contributed by atoms with Gasteiger partial charge in [-0.1, -0.05) is 0 Å². The first kappa shape index (κ1) is 11.8. The molecule has 1 saturated heterocycles. The molecule has 6 nitrogen and oxygen atoms in total. The minimum atomic E-state index is -1.17. The molecule has 1 rings (SSSR count). The molecule has 1 aliphatic rings. The standard InChI is InChI=1S/C9H16N2O4/c1-11(2)8(14)10-9(7(12)13)3-5-15-6-4-9/h3-6H2,1-2H3,(H,10,14)(H,12,13). The molecule has 0 spiro atoms. The van der Waals surface area contributed by atoms with E-state index in [-0.39, 0.29) is 6.03 Å². The van der Waals surface area contributed by atoms with Gasteiger partial charge in [-0.05, 0) is 0 Å². The summed E-state index contributed by atoms with van der Waals surface area (Å²) in [6.45, 7) is 0.722. The average Bonchev–Trinajstić information content (AvgIpc) is 2.18. The molecule has 0 aromatic carbocycles. The van der Waals surface area contributed by atoms with Gasteiger partial charge in [-0.3, -0.25) is 0 Å². The van der Waals surface area contributed by atoms with Crippen LogP contribution in [-0.2, 0) is 9.53 Å². The van der Waals surface area contributed by atoms with Crippen molar-refractivity contribution < 1.29 is 19.4 Å². The molecule has 0 aromatic rings. The number of ether oxygens (including phenoxy) is 1. The molecule has 0 radical (unpaired) electrons. The predicted octanol–water partition coefficient (Wildman–Crippen LogP) is -0.109. The Balaban J connectivity index is 2.73. The Hall–Kier alpha value is -1.30. The van der Waals surface area contributed by atoms with Crippen molar-refractivity contribution in [1.29, 1.82) is 0 Å². The van der Waals surface area contributed by atoms with Gasteiger partial charge in [0.1, 0.15) is 5.54 Å². The number of nitrogens with one attached hydrogen (secondary N) is 1. The number of rotatable bonds is 2. The van der Waals surface area contributed by atoms with Crippen molar-refractivity contribution in [3.05, 3.63) is 0 Å². The van der Waals surface area contributed by atoms with Crippen LogP contribution in [0.25, 0.3) is 0 Å². The number of carbonyl (C=O) groups excluding carboxylic acids is 1. The van der Waals surface area contributed by atoms with Gasteiger partial charge in [0.25, 0.3) is 0 Å². The van der Waals surface area contributed by atoms with E-state index < -0.39 is 11.5 Å². The van der Waals surface area contributed by atoms with Crippen molar-refractivity contribution in [2.45, 2.75) is 18.4 Å². The molecule has 1 aliphatic heterocycles. The summed E-state index contributed by atoms with van der Waals surface area (Å²) in [7, 11) is 3.15. The lowest BCUT2D eigenvalue weighted by molar-refractivity contribution is -0.148. The molecule has 6 heteroatoms. The second-order valence-electron chi connectivity index (χ2n) is 3.82. The maximum atomic E-state index is 11.4. The molecule has 0 aliphatic carbocycles. The van der Waals surface area contributed by atoms with Gasteiger partial charge in [0.05, 0.1) is 0 Å². The van der Waals surface area contributed by atoms with E-state index in [1.807, 2.05) is 0 Å². The Kier molecular flexibility index (Phi) is 3.52. The van der Waals surface area contributed by atoms with Gasteiger partial charge in [-0.15, -0.1) is 0 Å². The first-order valence-electron chi connectivity index (χ1n) is 4.78. The Morgan fingerprint density at radius 2 is 1.87 bits per heavy atom. The van der Waals surface area contributed by atoms with Gasteiger partial charge in [0.2, 0.25) is 0 Å². The van der Waals surface area contributed by atoms with Crippen molar-refractivity contribution in [2.24, 2.45) is 0 Å². The minimum absolute atomic E-state index is 0.307. The van der Waals surface area contributed by atoms with Gasteiger partial charge in [0, 0.05) is 40.2 Å². The number of carboxylic acid groups (broad SMARTS) is 1. The van der Waals surface area contributed by atoms with Crippen LogP contribution in [0.2, 0.25) is 0 Å². The summed E-state index contributed by atoms with van der Waals surface area (Å²) in [6, 6.07) is -0.390. The van der Waals surface area contributed by atoms with E-state index >= 15 is 0 Å². The van der Waals surface area contributed by atoms with Crippen LogP contribution >= 0.6 is 0 Å². The molecule has 0 aromatic heterocycles. The molecule has 2 amide bonds. The number of urea groups is 1. The summed E-state index contributed by atoms with van der Waals surface area (Å²) >= 11 is 0. The number of hydrogen-bond donors (Lipinski definition) is 2. The lowest BCUT2D eigenvalue weighted by Crippen LogP contribution is -2.59. The minimum Gasteiger partial charge on any atom is -0.480 e. The summed E-state index contributed by atoms with van der Waals surface area (Å²) in [5.74, 6) is -0.999. The molecular formula is C9H16N2O4. The van der Waals surface area contributed by atoms with Crippen molar-refractivity contribution in [2.75, 3.05) is 27.3 Å². The number of aliphatic carboxylic acids is 1. The Bertz CT molecular complexity index is 259. The van der Waals surface area contributed by atoms with Crippen molar-refractivity contribution in [1.82, 2.24) is 10.2 Å². The number of hydrogen-bond acceptors (Lipinski definition) is 3. The van der Waals surface area contributed by atoms with Crippen molar-refractivity contribution >= 4 is 12.0 Å². The highest BCUT2D eigenvalue weighted by Gasteiger charge is 2.41. The van der Waals surface area contributed by atoms with E-state index in [0.717, 1.165) is 0 Å². The van der Waals surface area contributed by atoms with Crippen LogP contribution in [0.15, 0.2) is 0 Å². The SMILES string of the molecule is CN(C)C(=O)NC1(C(=O)O)CCOCC1. The molecule has 2 N–H and O–H groups in total. The van der Waals surface area contributed by atoms with E-state index in [4.69, 9.17) is 9.84 Å².